The summed E-state index contributed by atoms with van der Waals surface area (Å²) in [6.07, 6.45) is -1.01. The Morgan fingerprint density at radius 3 is 2.46 bits per heavy atom. The van der Waals surface area contributed by atoms with E-state index in [1.54, 1.807) is 36.4 Å². The summed E-state index contributed by atoms with van der Waals surface area (Å²) in [5.41, 5.74) is 0.409. The van der Waals surface area contributed by atoms with Gasteiger partial charge in [0.25, 0.3) is 11.8 Å². The van der Waals surface area contributed by atoms with E-state index in [4.69, 9.17) is 27.9 Å². The van der Waals surface area contributed by atoms with Crippen LogP contribution < -0.4 is 9.64 Å². The summed E-state index contributed by atoms with van der Waals surface area (Å²) in [5.74, 6) is -0.853. The van der Waals surface area contributed by atoms with E-state index >= 15 is 0 Å². The van der Waals surface area contributed by atoms with Gasteiger partial charge in [-0.2, -0.15) is 0 Å². The molecule has 134 valence electrons. The van der Waals surface area contributed by atoms with Crippen LogP contribution in [0, 0.1) is 0 Å². The number of hydrogen-bond donors (Lipinski definition) is 0. The van der Waals surface area contributed by atoms with E-state index in [-0.39, 0.29) is 17.3 Å². The van der Waals surface area contributed by atoms with Gasteiger partial charge in [0.05, 0.1) is 10.7 Å². The highest BCUT2D eigenvalue weighted by Gasteiger charge is 2.42. The molecule has 1 atom stereocenters. The normalized spacial score (nSPS) is 15.3. The molecule has 0 saturated carbocycles. The summed E-state index contributed by atoms with van der Waals surface area (Å²) in [6, 6.07) is 12.3. The lowest BCUT2D eigenvalue weighted by Gasteiger charge is -2.20. The molecule has 0 radical (unpaired) electrons. The highest BCUT2D eigenvalue weighted by molar-refractivity contribution is 6.35. The molecule has 1 aliphatic rings. The van der Waals surface area contributed by atoms with Crippen molar-refractivity contribution in [2.75, 3.05) is 11.4 Å². The summed E-state index contributed by atoms with van der Waals surface area (Å²) >= 11 is 11.9. The molecule has 0 aromatic heterocycles. The summed E-state index contributed by atoms with van der Waals surface area (Å²) in [4.78, 5) is 39.2. The Kier molecular flexibility index (Phi) is 5.15. The van der Waals surface area contributed by atoms with Crippen molar-refractivity contribution in [3.05, 3.63) is 58.6 Å². The predicted molar refractivity (Wildman–Crippen MR) is 97.6 cm³/mol. The number of carbonyl (C=O) groups is 3. The van der Waals surface area contributed by atoms with Crippen molar-refractivity contribution in [2.45, 2.75) is 13.0 Å². The zero-order valence-electron chi connectivity index (χ0n) is 13.7. The van der Waals surface area contributed by atoms with Crippen LogP contribution in [0.3, 0.4) is 0 Å². The van der Waals surface area contributed by atoms with Gasteiger partial charge in [-0.3, -0.25) is 14.5 Å². The van der Waals surface area contributed by atoms with E-state index in [1.165, 1.54) is 19.1 Å². The Morgan fingerprint density at radius 2 is 1.81 bits per heavy atom. The standard InChI is InChI=1S/C18H14Cl2N2O4/c1-11(26-15-8-7-12(19)9-14(15)20)17(24)21-10-16(23)22(18(21)25)13-5-3-2-4-6-13/h2-9,11H,10H2,1H3. The van der Waals surface area contributed by atoms with Gasteiger partial charge in [0.15, 0.2) is 6.10 Å². The van der Waals surface area contributed by atoms with Gasteiger partial charge in [0.1, 0.15) is 12.3 Å². The zero-order chi connectivity index (χ0) is 18.8. The molecule has 0 bridgehead atoms. The van der Waals surface area contributed by atoms with Crippen LogP contribution in [-0.4, -0.2) is 35.4 Å². The number of anilines is 1. The third kappa shape index (κ3) is 3.52. The number of imide groups is 2. The minimum atomic E-state index is -1.01. The van der Waals surface area contributed by atoms with Gasteiger partial charge in [-0.15, -0.1) is 0 Å². The fraction of sp³-hybridized carbons (Fsp3) is 0.167. The predicted octanol–water partition coefficient (Wildman–Crippen LogP) is 3.76. The molecule has 8 heteroatoms. The molecule has 4 amide bonds. The number of amides is 4. The van der Waals surface area contributed by atoms with Crippen LogP contribution in [0.15, 0.2) is 48.5 Å². The van der Waals surface area contributed by atoms with Gasteiger partial charge >= 0.3 is 6.03 Å². The van der Waals surface area contributed by atoms with Gasteiger partial charge in [0.2, 0.25) is 0 Å². The Labute approximate surface area is 159 Å². The van der Waals surface area contributed by atoms with E-state index in [9.17, 15) is 14.4 Å². The molecule has 1 aliphatic heterocycles. The first-order valence-corrected chi connectivity index (χ1v) is 8.49. The largest absolute Gasteiger partial charge is 0.479 e. The summed E-state index contributed by atoms with van der Waals surface area (Å²) < 4.78 is 5.54. The van der Waals surface area contributed by atoms with Crippen LogP contribution in [0.5, 0.6) is 5.75 Å². The van der Waals surface area contributed by atoms with Crippen LogP contribution in [0.2, 0.25) is 10.0 Å². The van der Waals surface area contributed by atoms with Crippen LogP contribution in [-0.2, 0) is 9.59 Å². The number of ether oxygens (including phenoxy) is 1. The first kappa shape index (κ1) is 18.2. The van der Waals surface area contributed by atoms with E-state index < -0.39 is 23.9 Å². The quantitative estimate of drug-likeness (QED) is 0.742. The highest BCUT2D eigenvalue weighted by Crippen LogP contribution is 2.29. The smallest absolute Gasteiger partial charge is 0.338 e. The SMILES string of the molecule is CC(Oc1ccc(Cl)cc1Cl)C(=O)N1CC(=O)N(c2ccccc2)C1=O. The maximum Gasteiger partial charge on any atom is 0.338 e. The number of nitrogens with zero attached hydrogens (tertiary/aromatic N) is 2. The molecule has 2 aromatic carbocycles. The molecule has 0 spiro atoms. The van der Waals surface area contributed by atoms with Crippen molar-refractivity contribution in [3.8, 4) is 5.75 Å². The molecular weight excluding hydrogens is 379 g/mol. The van der Waals surface area contributed by atoms with Crippen LogP contribution in [0.4, 0.5) is 10.5 Å². The van der Waals surface area contributed by atoms with Crippen molar-refractivity contribution in [3.63, 3.8) is 0 Å². The summed E-state index contributed by atoms with van der Waals surface area (Å²) in [5, 5.41) is 0.673. The lowest BCUT2D eigenvalue weighted by Crippen LogP contribution is -2.43. The van der Waals surface area contributed by atoms with Crippen LogP contribution >= 0.6 is 23.2 Å². The second-order valence-corrected chi connectivity index (χ2v) is 6.45. The number of benzene rings is 2. The lowest BCUT2D eigenvalue weighted by molar-refractivity contribution is -0.135. The molecule has 3 rings (SSSR count). The fourth-order valence-electron chi connectivity index (χ4n) is 2.54. The number of halogens is 2. The maximum atomic E-state index is 12.6. The second kappa shape index (κ2) is 7.35. The van der Waals surface area contributed by atoms with Crippen molar-refractivity contribution in [1.82, 2.24) is 4.90 Å². The van der Waals surface area contributed by atoms with Gasteiger partial charge in [0, 0.05) is 5.02 Å². The van der Waals surface area contributed by atoms with Crippen molar-refractivity contribution in [1.29, 1.82) is 0 Å². The van der Waals surface area contributed by atoms with Crippen LogP contribution in [0.25, 0.3) is 0 Å². The Bertz CT molecular complexity index is 873. The monoisotopic (exact) mass is 392 g/mol. The number of hydrogen-bond acceptors (Lipinski definition) is 4. The third-order valence-corrected chi connectivity index (χ3v) is 4.32. The number of para-hydroxylation sites is 1. The topological polar surface area (TPSA) is 66.9 Å². The Balaban J connectivity index is 1.75. The molecule has 6 nitrogen and oxygen atoms in total. The van der Waals surface area contributed by atoms with Gasteiger partial charge in [-0.05, 0) is 37.3 Å². The molecule has 1 fully saturated rings. The van der Waals surface area contributed by atoms with Crippen molar-refractivity contribution >= 4 is 46.7 Å². The van der Waals surface area contributed by atoms with E-state index in [0.717, 1.165) is 9.80 Å². The number of urea groups is 1. The highest BCUT2D eigenvalue weighted by atomic mass is 35.5. The molecule has 26 heavy (non-hydrogen) atoms. The third-order valence-electron chi connectivity index (χ3n) is 3.79. The zero-order valence-corrected chi connectivity index (χ0v) is 15.2. The lowest BCUT2D eigenvalue weighted by atomic mass is 10.3. The fourth-order valence-corrected chi connectivity index (χ4v) is 2.99. The maximum absolute atomic E-state index is 12.6. The van der Waals surface area contributed by atoms with E-state index in [2.05, 4.69) is 0 Å². The molecule has 1 heterocycles. The van der Waals surface area contributed by atoms with Gasteiger partial charge in [-0.25, -0.2) is 9.69 Å². The number of rotatable bonds is 4. The number of carbonyl (C=O) groups excluding carboxylic acids is 3. The molecule has 2 aromatic rings. The Hall–Kier alpha value is -2.57. The molecule has 1 saturated heterocycles. The van der Waals surface area contributed by atoms with Crippen LogP contribution in [0.1, 0.15) is 6.92 Å². The van der Waals surface area contributed by atoms with Gasteiger partial charge in [-0.1, -0.05) is 41.4 Å². The first-order valence-electron chi connectivity index (χ1n) is 7.73. The first-order chi connectivity index (χ1) is 12.4. The molecule has 1 unspecified atom stereocenters. The minimum absolute atomic E-state index is 0.242. The van der Waals surface area contributed by atoms with E-state index in [0.29, 0.717) is 10.7 Å². The molecule has 0 N–H and O–H groups in total. The average Bonchev–Trinajstić information content (AvgIpc) is 2.91. The average molecular weight is 393 g/mol. The second-order valence-electron chi connectivity index (χ2n) is 5.61. The van der Waals surface area contributed by atoms with Crippen molar-refractivity contribution in [2.24, 2.45) is 0 Å². The summed E-state index contributed by atoms with van der Waals surface area (Å²) in [6.45, 7) is 1.14. The molecular formula is C18H14Cl2N2O4. The van der Waals surface area contributed by atoms with Crippen molar-refractivity contribution < 1.29 is 19.1 Å². The summed E-state index contributed by atoms with van der Waals surface area (Å²) in [7, 11) is 0. The van der Waals surface area contributed by atoms with Gasteiger partial charge < -0.3 is 4.74 Å². The van der Waals surface area contributed by atoms with E-state index in [1.807, 2.05) is 0 Å². The molecule has 0 aliphatic carbocycles. The Morgan fingerprint density at radius 1 is 1.12 bits per heavy atom. The minimum Gasteiger partial charge on any atom is -0.479 e.